The summed E-state index contributed by atoms with van der Waals surface area (Å²) < 4.78 is 5.63. The molecule has 0 aromatic carbocycles. The zero-order valence-electron chi connectivity index (χ0n) is 10.8. The molecule has 2 aliphatic rings. The van der Waals surface area contributed by atoms with Crippen molar-refractivity contribution in [2.24, 2.45) is 0 Å². The molecule has 1 N–H and O–H groups in total. The van der Waals surface area contributed by atoms with Crippen molar-refractivity contribution in [1.82, 2.24) is 10.2 Å². The Morgan fingerprint density at radius 3 is 2.56 bits per heavy atom. The second-order valence-electron chi connectivity index (χ2n) is 5.59. The highest BCUT2D eigenvalue weighted by Crippen LogP contribution is 2.33. The van der Waals surface area contributed by atoms with Gasteiger partial charge < -0.3 is 15.0 Å². The summed E-state index contributed by atoms with van der Waals surface area (Å²) in [6, 6.07) is 0. The molecule has 2 rings (SSSR count). The van der Waals surface area contributed by atoms with Crippen LogP contribution in [-0.2, 0) is 4.74 Å². The molecular weight excluding hydrogens is 200 g/mol. The molecule has 1 atom stereocenters. The highest BCUT2D eigenvalue weighted by atomic mass is 16.5. The first kappa shape index (κ1) is 12.3. The van der Waals surface area contributed by atoms with Crippen molar-refractivity contribution in [2.45, 2.75) is 50.2 Å². The van der Waals surface area contributed by atoms with Gasteiger partial charge in [-0.15, -0.1) is 0 Å². The van der Waals surface area contributed by atoms with E-state index in [-0.39, 0.29) is 0 Å². The van der Waals surface area contributed by atoms with Gasteiger partial charge in [0.2, 0.25) is 0 Å². The van der Waals surface area contributed by atoms with Gasteiger partial charge in [-0.3, -0.25) is 0 Å². The van der Waals surface area contributed by atoms with Crippen LogP contribution in [0, 0.1) is 0 Å². The van der Waals surface area contributed by atoms with E-state index in [0.29, 0.717) is 11.6 Å². The van der Waals surface area contributed by atoms with Gasteiger partial charge in [0, 0.05) is 25.2 Å². The van der Waals surface area contributed by atoms with Gasteiger partial charge in [-0.1, -0.05) is 12.8 Å². The highest BCUT2D eigenvalue weighted by Gasteiger charge is 2.35. The lowest BCUT2D eigenvalue weighted by Crippen LogP contribution is -2.50. The average Bonchev–Trinajstić information content (AvgIpc) is 2.88. The summed E-state index contributed by atoms with van der Waals surface area (Å²) in [5.74, 6) is 0. The first-order chi connectivity index (χ1) is 7.73. The largest absolute Gasteiger partial charge is 0.377 e. The SMILES string of the molecule is CN(C)C1(CNCC2CCCO2)CCCC1. The molecular formula is C13H26N2O. The van der Waals surface area contributed by atoms with Gasteiger partial charge in [0.15, 0.2) is 0 Å². The first-order valence-corrected chi connectivity index (χ1v) is 6.73. The van der Waals surface area contributed by atoms with E-state index in [9.17, 15) is 0 Å². The maximum Gasteiger partial charge on any atom is 0.0700 e. The van der Waals surface area contributed by atoms with Crippen LogP contribution in [0.4, 0.5) is 0 Å². The summed E-state index contributed by atoms with van der Waals surface area (Å²) in [6.45, 7) is 3.13. The fraction of sp³-hybridized carbons (Fsp3) is 1.00. The van der Waals surface area contributed by atoms with Crippen LogP contribution in [0.1, 0.15) is 38.5 Å². The van der Waals surface area contributed by atoms with Crippen molar-refractivity contribution in [3.8, 4) is 0 Å². The zero-order chi connectivity index (χ0) is 11.4. The van der Waals surface area contributed by atoms with Gasteiger partial charge in [-0.2, -0.15) is 0 Å². The number of nitrogens with one attached hydrogen (secondary N) is 1. The monoisotopic (exact) mass is 226 g/mol. The maximum absolute atomic E-state index is 5.63. The van der Waals surface area contributed by atoms with Crippen LogP contribution in [0.3, 0.4) is 0 Å². The van der Waals surface area contributed by atoms with Gasteiger partial charge in [0.1, 0.15) is 0 Å². The molecule has 1 aliphatic carbocycles. The Hall–Kier alpha value is -0.120. The van der Waals surface area contributed by atoms with Crippen molar-refractivity contribution in [2.75, 3.05) is 33.8 Å². The van der Waals surface area contributed by atoms with Crippen LogP contribution < -0.4 is 5.32 Å². The molecule has 0 aromatic heterocycles. The average molecular weight is 226 g/mol. The molecule has 1 unspecified atom stereocenters. The minimum atomic E-state index is 0.415. The Kier molecular flexibility index (Phi) is 4.22. The van der Waals surface area contributed by atoms with E-state index >= 15 is 0 Å². The quantitative estimate of drug-likeness (QED) is 0.771. The second kappa shape index (κ2) is 5.48. The van der Waals surface area contributed by atoms with Crippen molar-refractivity contribution >= 4 is 0 Å². The molecule has 1 saturated heterocycles. The summed E-state index contributed by atoms with van der Waals surface area (Å²) in [6.07, 6.45) is 8.42. The Morgan fingerprint density at radius 2 is 2.00 bits per heavy atom. The van der Waals surface area contributed by atoms with Crippen LogP contribution in [0.2, 0.25) is 0 Å². The number of hydrogen-bond acceptors (Lipinski definition) is 3. The van der Waals surface area contributed by atoms with Crippen LogP contribution >= 0.6 is 0 Å². The van der Waals surface area contributed by atoms with Gasteiger partial charge in [0.05, 0.1) is 6.10 Å². The summed E-state index contributed by atoms with van der Waals surface area (Å²) in [5.41, 5.74) is 0.415. The molecule has 3 nitrogen and oxygen atoms in total. The minimum absolute atomic E-state index is 0.415. The third-order valence-corrected chi connectivity index (χ3v) is 4.33. The van der Waals surface area contributed by atoms with Crippen LogP contribution in [-0.4, -0.2) is 50.3 Å². The van der Waals surface area contributed by atoms with Crippen LogP contribution in [0.5, 0.6) is 0 Å². The van der Waals surface area contributed by atoms with E-state index in [2.05, 4.69) is 24.3 Å². The minimum Gasteiger partial charge on any atom is -0.377 e. The topological polar surface area (TPSA) is 24.5 Å². The number of hydrogen-bond donors (Lipinski definition) is 1. The molecule has 0 aromatic rings. The van der Waals surface area contributed by atoms with E-state index in [0.717, 1.165) is 19.7 Å². The predicted molar refractivity (Wildman–Crippen MR) is 66.7 cm³/mol. The van der Waals surface area contributed by atoms with Gasteiger partial charge in [-0.25, -0.2) is 0 Å². The number of rotatable bonds is 5. The predicted octanol–water partition coefficient (Wildman–Crippen LogP) is 1.63. The molecule has 3 heteroatoms. The zero-order valence-corrected chi connectivity index (χ0v) is 10.8. The van der Waals surface area contributed by atoms with E-state index in [1.807, 2.05) is 0 Å². The molecule has 1 heterocycles. The summed E-state index contributed by atoms with van der Waals surface area (Å²) in [4.78, 5) is 2.42. The second-order valence-corrected chi connectivity index (χ2v) is 5.59. The Morgan fingerprint density at radius 1 is 1.25 bits per heavy atom. The van der Waals surface area contributed by atoms with E-state index in [4.69, 9.17) is 4.74 Å². The summed E-state index contributed by atoms with van der Waals surface area (Å²) in [7, 11) is 4.44. The molecule has 1 aliphatic heterocycles. The molecule has 0 bridgehead atoms. The first-order valence-electron chi connectivity index (χ1n) is 6.73. The highest BCUT2D eigenvalue weighted by molar-refractivity contribution is 4.94. The van der Waals surface area contributed by atoms with E-state index in [1.165, 1.54) is 38.5 Å². The number of ether oxygens (including phenoxy) is 1. The van der Waals surface area contributed by atoms with Crippen molar-refractivity contribution in [1.29, 1.82) is 0 Å². The lowest BCUT2D eigenvalue weighted by molar-refractivity contribution is 0.0997. The van der Waals surface area contributed by atoms with Crippen molar-refractivity contribution < 1.29 is 4.74 Å². The van der Waals surface area contributed by atoms with Crippen molar-refractivity contribution in [3.05, 3.63) is 0 Å². The molecule has 0 radical (unpaired) electrons. The maximum atomic E-state index is 5.63. The molecule has 94 valence electrons. The molecule has 16 heavy (non-hydrogen) atoms. The fourth-order valence-electron chi connectivity index (χ4n) is 3.09. The standard InChI is InChI=1S/C13H26N2O/c1-15(2)13(7-3-4-8-13)11-14-10-12-6-5-9-16-12/h12,14H,3-11H2,1-2H3. The van der Waals surface area contributed by atoms with E-state index in [1.54, 1.807) is 0 Å². The smallest absolute Gasteiger partial charge is 0.0700 e. The van der Waals surface area contributed by atoms with Crippen LogP contribution in [0.15, 0.2) is 0 Å². The normalized spacial score (nSPS) is 29.1. The van der Waals surface area contributed by atoms with Gasteiger partial charge >= 0.3 is 0 Å². The molecule has 0 amide bonds. The lowest BCUT2D eigenvalue weighted by atomic mass is 9.96. The lowest BCUT2D eigenvalue weighted by Gasteiger charge is -2.37. The van der Waals surface area contributed by atoms with Crippen LogP contribution in [0.25, 0.3) is 0 Å². The third-order valence-electron chi connectivity index (χ3n) is 4.33. The summed E-state index contributed by atoms with van der Waals surface area (Å²) >= 11 is 0. The Labute approximate surface area is 99.5 Å². The Bertz CT molecular complexity index is 206. The van der Waals surface area contributed by atoms with E-state index < -0.39 is 0 Å². The molecule has 2 fully saturated rings. The Balaban J connectivity index is 1.73. The number of likely N-dealkylation sites (N-methyl/N-ethyl adjacent to an activating group) is 1. The summed E-state index contributed by atoms with van der Waals surface area (Å²) in [5, 5.41) is 3.62. The molecule has 0 spiro atoms. The van der Waals surface area contributed by atoms with Crippen molar-refractivity contribution in [3.63, 3.8) is 0 Å². The molecule has 1 saturated carbocycles. The number of nitrogens with zero attached hydrogens (tertiary/aromatic N) is 1. The van der Waals surface area contributed by atoms with Gasteiger partial charge in [0.25, 0.3) is 0 Å². The third kappa shape index (κ3) is 2.76. The fourth-order valence-corrected chi connectivity index (χ4v) is 3.09. The van der Waals surface area contributed by atoms with Gasteiger partial charge in [-0.05, 0) is 39.8 Å².